The number of rotatable bonds is 2. The van der Waals surface area contributed by atoms with Gasteiger partial charge in [0.15, 0.2) is 6.17 Å². The number of allylic oxidation sites excluding steroid dienone is 1. The van der Waals surface area contributed by atoms with Crippen LogP contribution in [0.5, 0.6) is 5.75 Å². The van der Waals surface area contributed by atoms with Crippen LogP contribution in [0.4, 0.5) is 0 Å². The normalized spacial score (nSPS) is 22.2. The second-order valence-electron chi connectivity index (χ2n) is 5.68. The molecule has 0 saturated heterocycles. The van der Waals surface area contributed by atoms with E-state index in [2.05, 4.69) is 15.0 Å². The first-order valence-corrected chi connectivity index (χ1v) is 7.80. The number of aryl methyl sites for hydroxylation is 2. The van der Waals surface area contributed by atoms with Gasteiger partial charge in [-0.1, -0.05) is 0 Å². The van der Waals surface area contributed by atoms with Crippen LogP contribution in [0, 0.1) is 25.2 Å². The molecule has 122 valence electrons. The zero-order valence-corrected chi connectivity index (χ0v) is 14.3. The lowest BCUT2D eigenvalue weighted by molar-refractivity contribution is 0.383. The number of amidine groups is 1. The summed E-state index contributed by atoms with van der Waals surface area (Å²) in [5.74, 6) is 1.21. The van der Waals surface area contributed by atoms with Crippen LogP contribution < -0.4 is 4.74 Å². The molecule has 2 unspecified atom stereocenters. The Bertz CT molecular complexity index is 811. The summed E-state index contributed by atoms with van der Waals surface area (Å²) in [5.41, 5.74) is 2.85. The van der Waals surface area contributed by atoms with Gasteiger partial charge in [0, 0.05) is 13.1 Å². The SMILES string of the molecule is Cc1cc(/C=C/C#N)cc(C)c1OC1=NC(Cl)=NC2N=CN(C)C12. The maximum atomic E-state index is 8.66. The smallest absolute Gasteiger partial charge is 0.224 e. The second-order valence-corrected chi connectivity index (χ2v) is 6.02. The maximum Gasteiger partial charge on any atom is 0.224 e. The van der Waals surface area contributed by atoms with Crippen LogP contribution in [0.25, 0.3) is 6.08 Å². The summed E-state index contributed by atoms with van der Waals surface area (Å²) in [5, 5.41) is 8.80. The van der Waals surface area contributed by atoms with Gasteiger partial charge in [0.05, 0.1) is 12.4 Å². The van der Waals surface area contributed by atoms with Crippen molar-refractivity contribution in [2.75, 3.05) is 7.05 Å². The zero-order valence-electron chi connectivity index (χ0n) is 13.6. The Morgan fingerprint density at radius 3 is 2.71 bits per heavy atom. The van der Waals surface area contributed by atoms with Crippen molar-refractivity contribution < 1.29 is 4.74 Å². The molecule has 0 spiro atoms. The molecule has 2 atom stereocenters. The van der Waals surface area contributed by atoms with E-state index in [4.69, 9.17) is 21.6 Å². The van der Waals surface area contributed by atoms with E-state index in [0.29, 0.717) is 5.90 Å². The summed E-state index contributed by atoms with van der Waals surface area (Å²) in [6.45, 7) is 3.91. The van der Waals surface area contributed by atoms with Gasteiger partial charge in [0.25, 0.3) is 0 Å². The molecule has 2 aliphatic rings. The maximum absolute atomic E-state index is 8.66. The molecule has 3 rings (SSSR count). The third-order valence-corrected chi connectivity index (χ3v) is 4.04. The van der Waals surface area contributed by atoms with Crippen molar-refractivity contribution in [1.29, 1.82) is 5.26 Å². The molecule has 24 heavy (non-hydrogen) atoms. The van der Waals surface area contributed by atoms with Gasteiger partial charge in [0.2, 0.25) is 11.2 Å². The molecule has 0 amide bonds. The van der Waals surface area contributed by atoms with E-state index in [1.807, 2.05) is 44.0 Å². The topological polar surface area (TPSA) is 73.3 Å². The average molecular weight is 342 g/mol. The largest absolute Gasteiger partial charge is 0.440 e. The van der Waals surface area contributed by atoms with Crippen molar-refractivity contribution in [2.45, 2.75) is 26.1 Å². The molecule has 0 fully saturated rings. The van der Waals surface area contributed by atoms with Crippen molar-refractivity contribution in [3.63, 3.8) is 0 Å². The van der Waals surface area contributed by atoms with E-state index in [-0.39, 0.29) is 17.5 Å². The number of likely N-dealkylation sites (N-methyl/N-ethyl adjacent to an activating group) is 1. The lowest BCUT2D eigenvalue weighted by Gasteiger charge is -2.27. The van der Waals surface area contributed by atoms with E-state index >= 15 is 0 Å². The van der Waals surface area contributed by atoms with E-state index in [1.54, 1.807) is 12.4 Å². The van der Waals surface area contributed by atoms with Crippen molar-refractivity contribution in [3.05, 3.63) is 34.9 Å². The average Bonchev–Trinajstić information content (AvgIpc) is 2.89. The molecule has 0 N–H and O–H groups in total. The van der Waals surface area contributed by atoms with E-state index in [9.17, 15) is 0 Å². The number of hydrogen-bond donors (Lipinski definition) is 0. The van der Waals surface area contributed by atoms with Gasteiger partial charge in [-0.05, 0) is 60.3 Å². The van der Waals surface area contributed by atoms with Crippen molar-refractivity contribution >= 4 is 35.2 Å². The van der Waals surface area contributed by atoms with E-state index < -0.39 is 0 Å². The van der Waals surface area contributed by atoms with Crippen LogP contribution in [-0.2, 0) is 0 Å². The van der Waals surface area contributed by atoms with Crippen LogP contribution in [0.2, 0.25) is 0 Å². The number of fused-ring (bicyclic) bond motifs is 1. The van der Waals surface area contributed by atoms with Gasteiger partial charge in [-0.25, -0.2) is 9.98 Å². The lowest BCUT2D eigenvalue weighted by atomic mass is 10.1. The summed E-state index contributed by atoms with van der Waals surface area (Å²) in [7, 11) is 1.90. The number of ether oxygens (including phenoxy) is 1. The summed E-state index contributed by atoms with van der Waals surface area (Å²) < 4.78 is 6.11. The van der Waals surface area contributed by atoms with Crippen molar-refractivity contribution in [3.8, 4) is 11.8 Å². The molecule has 0 aromatic heterocycles. The van der Waals surface area contributed by atoms with Gasteiger partial charge in [-0.2, -0.15) is 10.3 Å². The minimum Gasteiger partial charge on any atom is -0.440 e. The Morgan fingerprint density at radius 1 is 1.33 bits per heavy atom. The van der Waals surface area contributed by atoms with Gasteiger partial charge in [0.1, 0.15) is 11.8 Å². The molecule has 1 aromatic carbocycles. The van der Waals surface area contributed by atoms with Crippen LogP contribution >= 0.6 is 11.6 Å². The van der Waals surface area contributed by atoms with E-state index in [1.165, 1.54) is 6.08 Å². The Hall–Kier alpha value is -2.65. The first kappa shape index (κ1) is 16.2. The van der Waals surface area contributed by atoms with Crippen LogP contribution in [-0.4, -0.2) is 41.7 Å². The Labute approximate surface area is 145 Å². The van der Waals surface area contributed by atoms with Gasteiger partial charge in [-0.3, -0.25) is 0 Å². The number of hydrogen-bond acceptors (Lipinski definition) is 6. The minimum absolute atomic E-state index is 0.141. The predicted molar refractivity (Wildman–Crippen MR) is 95.7 cm³/mol. The zero-order chi connectivity index (χ0) is 17.3. The Balaban J connectivity index is 1.92. The Morgan fingerprint density at radius 2 is 2.04 bits per heavy atom. The summed E-state index contributed by atoms with van der Waals surface area (Å²) in [4.78, 5) is 14.7. The first-order valence-electron chi connectivity index (χ1n) is 7.42. The monoisotopic (exact) mass is 341 g/mol. The number of benzene rings is 1. The van der Waals surface area contributed by atoms with Gasteiger partial charge >= 0.3 is 0 Å². The molecule has 1 aromatic rings. The number of nitrogens with zero attached hydrogens (tertiary/aromatic N) is 5. The number of halogens is 1. The molecule has 0 aliphatic carbocycles. The van der Waals surface area contributed by atoms with Gasteiger partial charge in [-0.15, -0.1) is 0 Å². The molecule has 6 nitrogen and oxygen atoms in total. The van der Waals surface area contributed by atoms with E-state index in [0.717, 1.165) is 22.4 Å². The van der Waals surface area contributed by atoms with Crippen molar-refractivity contribution in [1.82, 2.24) is 4.90 Å². The quantitative estimate of drug-likeness (QED) is 0.613. The highest BCUT2D eigenvalue weighted by Crippen LogP contribution is 2.29. The fourth-order valence-corrected chi connectivity index (χ4v) is 2.98. The fraction of sp³-hybridized carbons (Fsp3) is 0.294. The van der Waals surface area contributed by atoms with Crippen LogP contribution in [0.15, 0.2) is 33.2 Å². The predicted octanol–water partition coefficient (Wildman–Crippen LogP) is 2.89. The Kier molecular flexibility index (Phi) is 4.36. The third kappa shape index (κ3) is 3.03. The molecule has 2 aliphatic heterocycles. The molecule has 7 heteroatoms. The summed E-state index contributed by atoms with van der Waals surface area (Å²) >= 11 is 6.00. The molecular weight excluding hydrogens is 326 g/mol. The number of nitriles is 1. The molecule has 2 heterocycles. The highest BCUT2D eigenvalue weighted by atomic mass is 35.5. The fourth-order valence-electron chi connectivity index (χ4n) is 2.80. The molecule has 0 radical (unpaired) electrons. The lowest BCUT2D eigenvalue weighted by Crippen LogP contribution is -2.45. The first-order chi connectivity index (χ1) is 11.5. The van der Waals surface area contributed by atoms with Crippen molar-refractivity contribution in [2.24, 2.45) is 15.0 Å². The molecular formula is C17H16ClN5O. The highest BCUT2D eigenvalue weighted by molar-refractivity contribution is 6.65. The van der Waals surface area contributed by atoms with Crippen LogP contribution in [0.3, 0.4) is 0 Å². The standard InChI is InChI=1S/C17H16ClN5O/c1-10-7-12(5-4-6-19)8-11(2)14(10)24-16-13-15(20-9-23(13)3)21-17(18)22-16/h4-5,7-9,13,15H,1-3H3/b5-4+. The molecule has 0 bridgehead atoms. The molecule has 0 saturated carbocycles. The number of aliphatic imine (C=N–C) groups is 3. The van der Waals surface area contributed by atoms with Gasteiger partial charge < -0.3 is 9.64 Å². The third-order valence-electron chi connectivity index (χ3n) is 3.86. The second kappa shape index (κ2) is 6.46. The highest BCUT2D eigenvalue weighted by Gasteiger charge is 2.38. The summed E-state index contributed by atoms with van der Waals surface area (Å²) in [6.07, 6.45) is 4.60. The summed E-state index contributed by atoms with van der Waals surface area (Å²) in [6, 6.07) is 5.72. The van der Waals surface area contributed by atoms with Crippen LogP contribution in [0.1, 0.15) is 16.7 Å². The minimum atomic E-state index is -0.326.